The number of esters is 4. The molecule has 1 fully saturated rings. The first-order valence-corrected chi connectivity index (χ1v) is 9.63. The highest BCUT2D eigenvalue weighted by Gasteiger charge is 2.34. The van der Waals surface area contributed by atoms with Crippen LogP contribution in [0.5, 0.6) is 0 Å². The van der Waals surface area contributed by atoms with Crippen molar-refractivity contribution in [1.29, 1.82) is 0 Å². The summed E-state index contributed by atoms with van der Waals surface area (Å²) in [6, 6.07) is 0. The van der Waals surface area contributed by atoms with Gasteiger partial charge in [0.2, 0.25) is 0 Å². The van der Waals surface area contributed by atoms with E-state index >= 15 is 0 Å². The van der Waals surface area contributed by atoms with Crippen LogP contribution in [0.15, 0.2) is 0 Å². The summed E-state index contributed by atoms with van der Waals surface area (Å²) in [6.07, 6.45) is 4.31. The Balaban J connectivity index is 2.61. The van der Waals surface area contributed by atoms with Crippen LogP contribution in [-0.4, -0.2) is 71.3 Å². The summed E-state index contributed by atoms with van der Waals surface area (Å²) in [5, 5.41) is 0. The molecule has 164 valence electrons. The largest absolute Gasteiger partial charge is 0.482 e. The van der Waals surface area contributed by atoms with Gasteiger partial charge >= 0.3 is 35.3 Å². The third kappa shape index (κ3) is 9.22. The average Bonchev–Trinajstić information content (AvgIpc) is 2.72. The van der Waals surface area contributed by atoms with Crippen LogP contribution in [-0.2, 0) is 38.1 Å². The quantitative estimate of drug-likeness (QED) is 0.235. The van der Waals surface area contributed by atoms with E-state index in [0.717, 1.165) is 0 Å². The number of rotatable bonds is 0. The molecule has 0 bridgehead atoms. The second-order valence-electron chi connectivity index (χ2n) is 6.27. The normalized spacial score (nSPS) is 19.6. The van der Waals surface area contributed by atoms with E-state index in [4.69, 9.17) is 30.0 Å². The lowest BCUT2D eigenvalue weighted by Crippen LogP contribution is -2.30. The number of carbonyl (C=O) groups is 4. The molecule has 1 aliphatic rings. The number of carbonyl (C=O) groups excluding carboxylic acids is 4. The topological polar surface area (TPSA) is 178 Å². The van der Waals surface area contributed by atoms with Gasteiger partial charge in [-0.3, -0.25) is 0 Å². The average molecular weight is 424 g/mol. The molecule has 1 heterocycles. The fourth-order valence-electron chi connectivity index (χ4n) is 2.38. The van der Waals surface area contributed by atoms with E-state index in [9.17, 15) is 19.2 Å². The highest BCUT2D eigenvalue weighted by molar-refractivity contribution is 6.60. The second kappa shape index (κ2) is 14.6. The number of ether oxygens (including phenoxy) is 4. The van der Waals surface area contributed by atoms with Crippen molar-refractivity contribution in [3.8, 4) is 0 Å². The Hall–Kier alpha value is -3.36. The molecule has 30 heavy (non-hydrogen) atoms. The Labute approximate surface area is 172 Å². The molecule has 0 amide bonds. The maximum atomic E-state index is 11.8. The van der Waals surface area contributed by atoms with Gasteiger partial charge in [0.05, 0.1) is 26.4 Å². The number of nitrogens with zero attached hydrogens (tertiary/aromatic N) is 4. The molecule has 12 heteroatoms. The monoisotopic (exact) mass is 424 g/mol. The predicted molar refractivity (Wildman–Crippen MR) is 98.0 cm³/mol. The Morgan fingerprint density at radius 1 is 0.467 bits per heavy atom. The standard InChI is InChI=1S/C18H24N4O8/c19-21-13-15(23)27-9-5-1-2-6-10-28-16(24)14(22-20)18(26)30-12-8-4-3-7-11-29-17(13)25/h1-12H2. The van der Waals surface area contributed by atoms with Crippen LogP contribution in [0.25, 0.3) is 11.1 Å². The SMILES string of the molecule is [N-]=[N+]=C1C(=O)OCCCCCCOC(=O)C(=[N+]=[N-])C(=O)OCCCCCCOC1=O. The fraction of sp³-hybridized carbons (Fsp3) is 0.667. The number of hydrogen-bond donors (Lipinski definition) is 0. The van der Waals surface area contributed by atoms with Crippen LogP contribution >= 0.6 is 0 Å². The van der Waals surface area contributed by atoms with Crippen LogP contribution in [0.3, 0.4) is 0 Å². The number of hydrogen-bond acceptors (Lipinski definition) is 8. The molecule has 0 unspecified atom stereocenters. The van der Waals surface area contributed by atoms with Crippen molar-refractivity contribution in [1.82, 2.24) is 0 Å². The minimum atomic E-state index is -1.07. The van der Waals surface area contributed by atoms with Gasteiger partial charge in [0.15, 0.2) is 0 Å². The van der Waals surface area contributed by atoms with Gasteiger partial charge < -0.3 is 30.0 Å². The molecule has 12 nitrogen and oxygen atoms in total. The molecule has 0 saturated carbocycles. The lowest BCUT2D eigenvalue weighted by molar-refractivity contribution is -0.150. The fourth-order valence-corrected chi connectivity index (χ4v) is 2.38. The van der Waals surface area contributed by atoms with Gasteiger partial charge in [0, 0.05) is 0 Å². The molecule has 0 atom stereocenters. The summed E-state index contributed by atoms with van der Waals surface area (Å²) in [5.74, 6) is -4.29. The van der Waals surface area contributed by atoms with Gasteiger partial charge in [-0.2, -0.15) is 9.58 Å². The Kier molecular flexibility index (Phi) is 12.0. The van der Waals surface area contributed by atoms with Gasteiger partial charge in [-0.15, -0.1) is 0 Å². The zero-order valence-corrected chi connectivity index (χ0v) is 16.5. The van der Waals surface area contributed by atoms with E-state index in [1.54, 1.807) is 0 Å². The molecule has 0 radical (unpaired) electrons. The Bertz CT molecular complexity index is 628. The minimum absolute atomic E-state index is 0.00190. The third-order valence-electron chi connectivity index (χ3n) is 3.98. The van der Waals surface area contributed by atoms with Crippen LogP contribution in [0.4, 0.5) is 0 Å². The molecular formula is C18H24N4O8. The molecule has 1 aliphatic heterocycles. The summed E-state index contributed by atoms with van der Waals surface area (Å²) >= 11 is 0. The van der Waals surface area contributed by atoms with Gasteiger partial charge in [-0.25, -0.2) is 19.2 Å². The van der Waals surface area contributed by atoms with Crippen molar-refractivity contribution in [3.63, 3.8) is 0 Å². The molecular weight excluding hydrogens is 400 g/mol. The van der Waals surface area contributed by atoms with E-state index in [1.165, 1.54) is 0 Å². The molecule has 0 N–H and O–H groups in total. The van der Waals surface area contributed by atoms with Gasteiger partial charge in [-0.05, 0) is 51.4 Å². The number of cyclic esters (lactones) is 4. The molecule has 1 saturated heterocycles. The highest BCUT2D eigenvalue weighted by Crippen LogP contribution is 2.04. The van der Waals surface area contributed by atoms with Gasteiger partial charge in [0.25, 0.3) is 0 Å². The smallest absolute Gasteiger partial charge is 0.457 e. The molecule has 1 rings (SSSR count). The van der Waals surface area contributed by atoms with E-state index in [0.29, 0.717) is 51.4 Å². The van der Waals surface area contributed by atoms with Crippen molar-refractivity contribution >= 4 is 35.3 Å². The first kappa shape index (κ1) is 24.7. The minimum Gasteiger partial charge on any atom is -0.457 e. The zero-order valence-electron chi connectivity index (χ0n) is 16.5. The zero-order chi connectivity index (χ0) is 22.2. The lowest BCUT2D eigenvalue weighted by Gasteiger charge is -2.06. The van der Waals surface area contributed by atoms with E-state index in [2.05, 4.69) is 9.58 Å². The van der Waals surface area contributed by atoms with Crippen molar-refractivity contribution in [2.45, 2.75) is 51.4 Å². The van der Waals surface area contributed by atoms with Crippen molar-refractivity contribution in [3.05, 3.63) is 11.1 Å². The molecule has 0 aliphatic carbocycles. The van der Waals surface area contributed by atoms with Crippen molar-refractivity contribution in [2.24, 2.45) is 0 Å². The first-order chi connectivity index (χ1) is 14.5. The lowest BCUT2D eigenvalue weighted by atomic mass is 10.2. The molecule has 0 spiro atoms. The summed E-state index contributed by atoms with van der Waals surface area (Å²) in [7, 11) is 0. The predicted octanol–water partition coefficient (Wildman–Crippen LogP) is 0.635. The summed E-state index contributed by atoms with van der Waals surface area (Å²) in [6.45, 7) is -0.00762. The Morgan fingerprint density at radius 2 is 0.700 bits per heavy atom. The molecule has 0 aromatic heterocycles. The highest BCUT2D eigenvalue weighted by atomic mass is 16.6. The van der Waals surface area contributed by atoms with Crippen LogP contribution in [0.2, 0.25) is 0 Å². The second-order valence-corrected chi connectivity index (χ2v) is 6.27. The summed E-state index contributed by atoms with van der Waals surface area (Å²) in [4.78, 5) is 52.4. The van der Waals surface area contributed by atoms with Crippen LogP contribution in [0, 0.1) is 0 Å². The van der Waals surface area contributed by atoms with E-state index in [1.807, 2.05) is 0 Å². The van der Waals surface area contributed by atoms with Crippen molar-refractivity contribution < 1.29 is 47.7 Å². The first-order valence-electron chi connectivity index (χ1n) is 9.63. The maximum absolute atomic E-state index is 11.8. The maximum Gasteiger partial charge on any atom is 0.482 e. The van der Waals surface area contributed by atoms with Crippen molar-refractivity contribution in [2.75, 3.05) is 26.4 Å². The van der Waals surface area contributed by atoms with Gasteiger partial charge in [-0.1, -0.05) is 0 Å². The third-order valence-corrected chi connectivity index (χ3v) is 3.98. The summed E-state index contributed by atoms with van der Waals surface area (Å²) in [5.41, 5.74) is 16.1. The van der Waals surface area contributed by atoms with Gasteiger partial charge in [0.1, 0.15) is 0 Å². The Morgan fingerprint density at radius 3 is 0.900 bits per heavy atom. The van der Waals surface area contributed by atoms with Crippen LogP contribution in [0.1, 0.15) is 51.4 Å². The van der Waals surface area contributed by atoms with E-state index in [-0.39, 0.29) is 26.4 Å². The van der Waals surface area contributed by atoms with E-state index < -0.39 is 35.3 Å². The van der Waals surface area contributed by atoms with Crippen LogP contribution < -0.4 is 0 Å². The molecule has 0 aromatic carbocycles. The summed E-state index contributed by atoms with van der Waals surface area (Å²) < 4.78 is 19.5. The molecule has 0 aromatic rings.